The Hall–Kier alpha value is -3.38. The normalized spacial score (nSPS) is 10.8. The molecule has 0 spiro atoms. The van der Waals surface area contributed by atoms with Crippen LogP contribution in [0, 0.1) is 0 Å². The molecule has 0 saturated carbocycles. The Balaban J connectivity index is 1.65. The second-order valence-corrected chi connectivity index (χ2v) is 6.40. The molecule has 1 amide bonds. The van der Waals surface area contributed by atoms with Gasteiger partial charge in [0.15, 0.2) is 17.3 Å². The van der Waals surface area contributed by atoms with Gasteiger partial charge in [0.25, 0.3) is 5.91 Å². The molecule has 6 heteroatoms. The molecule has 0 unspecified atom stereocenters. The van der Waals surface area contributed by atoms with Crippen LogP contribution in [0.2, 0.25) is 0 Å². The number of thiophene rings is 1. The van der Waals surface area contributed by atoms with Gasteiger partial charge < -0.3 is 15.5 Å². The van der Waals surface area contributed by atoms with Crippen molar-refractivity contribution in [3.63, 3.8) is 0 Å². The van der Waals surface area contributed by atoms with Crippen molar-refractivity contribution in [3.8, 4) is 11.5 Å². The van der Waals surface area contributed by atoms with Gasteiger partial charge in [0.05, 0.1) is 4.88 Å². The van der Waals surface area contributed by atoms with Crippen LogP contribution in [0.15, 0.2) is 66.1 Å². The average molecular weight is 365 g/mol. The van der Waals surface area contributed by atoms with Crippen molar-refractivity contribution < 1.29 is 19.8 Å². The number of rotatable bonds is 5. The van der Waals surface area contributed by atoms with E-state index in [9.17, 15) is 19.8 Å². The molecule has 0 fully saturated rings. The van der Waals surface area contributed by atoms with Crippen molar-refractivity contribution in [2.75, 3.05) is 5.32 Å². The summed E-state index contributed by atoms with van der Waals surface area (Å²) in [4.78, 5) is 24.8. The number of hydrogen-bond acceptors (Lipinski definition) is 5. The quantitative estimate of drug-likeness (QED) is 0.357. The summed E-state index contributed by atoms with van der Waals surface area (Å²) in [6.07, 6.45) is 2.93. The predicted octanol–water partition coefficient (Wildman–Crippen LogP) is 4.31. The van der Waals surface area contributed by atoms with Crippen LogP contribution in [0.5, 0.6) is 11.5 Å². The SMILES string of the molecule is O=C(/C=C/c1ccc(O)c(O)c1)c1ccc(NC(=O)c2cccs2)cc1. The molecule has 0 aliphatic rings. The summed E-state index contributed by atoms with van der Waals surface area (Å²) in [7, 11) is 0. The first kappa shape index (κ1) is 17.4. The van der Waals surface area contributed by atoms with E-state index in [-0.39, 0.29) is 23.2 Å². The van der Waals surface area contributed by atoms with Crippen molar-refractivity contribution in [1.29, 1.82) is 0 Å². The number of nitrogens with one attached hydrogen (secondary N) is 1. The molecule has 130 valence electrons. The van der Waals surface area contributed by atoms with E-state index in [1.165, 1.54) is 29.5 Å². The largest absolute Gasteiger partial charge is 0.504 e. The number of amides is 1. The molecule has 0 bridgehead atoms. The summed E-state index contributed by atoms with van der Waals surface area (Å²) >= 11 is 1.36. The lowest BCUT2D eigenvalue weighted by atomic mass is 10.1. The number of anilines is 1. The third-order valence-electron chi connectivity index (χ3n) is 3.60. The van der Waals surface area contributed by atoms with E-state index in [4.69, 9.17) is 0 Å². The fourth-order valence-electron chi connectivity index (χ4n) is 2.23. The van der Waals surface area contributed by atoms with Crippen molar-refractivity contribution in [3.05, 3.63) is 82.1 Å². The monoisotopic (exact) mass is 365 g/mol. The minimum atomic E-state index is -0.245. The Morgan fingerprint density at radius 2 is 1.73 bits per heavy atom. The molecule has 0 atom stereocenters. The van der Waals surface area contributed by atoms with Gasteiger partial charge in [0.2, 0.25) is 0 Å². The van der Waals surface area contributed by atoms with Crippen LogP contribution in [-0.2, 0) is 0 Å². The number of allylic oxidation sites excluding steroid dienone is 1. The van der Waals surface area contributed by atoms with Crippen LogP contribution in [0.3, 0.4) is 0 Å². The van der Waals surface area contributed by atoms with Crippen LogP contribution in [0.4, 0.5) is 5.69 Å². The predicted molar refractivity (Wildman–Crippen MR) is 102 cm³/mol. The Morgan fingerprint density at radius 1 is 0.962 bits per heavy atom. The fraction of sp³-hybridized carbons (Fsp3) is 0. The van der Waals surface area contributed by atoms with E-state index in [2.05, 4.69) is 5.32 Å². The number of carbonyl (C=O) groups excluding carboxylic acids is 2. The zero-order valence-electron chi connectivity index (χ0n) is 13.5. The van der Waals surface area contributed by atoms with E-state index in [1.807, 2.05) is 11.4 Å². The molecule has 3 N–H and O–H groups in total. The van der Waals surface area contributed by atoms with Crippen LogP contribution >= 0.6 is 11.3 Å². The van der Waals surface area contributed by atoms with Gasteiger partial charge in [-0.1, -0.05) is 18.2 Å². The highest BCUT2D eigenvalue weighted by Gasteiger charge is 2.08. The highest BCUT2D eigenvalue weighted by molar-refractivity contribution is 7.12. The van der Waals surface area contributed by atoms with Crippen LogP contribution < -0.4 is 5.32 Å². The molecule has 0 aliphatic carbocycles. The van der Waals surface area contributed by atoms with Gasteiger partial charge >= 0.3 is 0 Å². The second kappa shape index (κ2) is 7.67. The Bertz CT molecular complexity index is 960. The van der Waals surface area contributed by atoms with E-state index in [0.717, 1.165) is 0 Å². The number of phenolic OH excluding ortho intramolecular Hbond substituents is 2. The first-order valence-corrected chi connectivity index (χ1v) is 8.60. The molecular formula is C20H15NO4S. The minimum absolute atomic E-state index is 0.189. The molecule has 5 nitrogen and oxygen atoms in total. The third-order valence-corrected chi connectivity index (χ3v) is 4.47. The molecular weight excluding hydrogens is 350 g/mol. The number of carbonyl (C=O) groups is 2. The zero-order valence-corrected chi connectivity index (χ0v) is 14.4. The number of benzene rings is 2. The van der Waals surface area contributed by atoms with Crippen molar-refractivity contribution in [1.82, 2.24) is 0 Å². The zero-order chi connectivity index (χ0) is 18.5. The van der Waals surface area contributed by atoms with Crippen molar-refractivity contribution >= 4 is 34.8 Å². The average Bonchev–Trinajstić information content (AvgIpc) is 3.18. The molecule has 2 aromatic carbocycles. The first-order chi connectivity index (χ1) is 12.5. The van der Waals surface area contributed by atoms with Gasteiger partial charge in [0.1, 0.15) is 0 Å². The van der Waals surface area contributed by atoms with Crippen molar-refractivity contribution in [2.45, 2.75) is 0 Å². The van der Waals surface area contributed by atoms with Crippen LogP contribution in [-0.4, -0.2) is 21.9 Å². The molecule has 26 heavy (non-hydrogen) atoms. The van der Waals surface area contributed by atoms with Gasteiger partial charge in [-0.2, -0.15) is 0 Å². The smallest absolute Gasteiger partial charge is 0.265 e. The minimum Gasteiger partial charge on any atom is -0.504 e. The van der Waals surface area contributed by atoms with E-state index in [1.54, 1.807) is 42.5 Å². The Kier molecular flexibility index (Phi) is 5.15. The lowest BCUT2D eigenvalue weighted by Gasteiger charge is -2.04. The lowest BCUT2D eigenvalue weighted by molar-refractivity contribution is 0.102. The summed E-state index contributed by atoms with van der Waals surface area (Å²) in [5.74, 6) is -0.862. The standard InChI is InChI=1S/C20H15NO4S/c22-16(9-3-13-4-10-17(23)18(24)12-13)14-5-7-15(8-6-14)21-20(25)19-2-1-11-26-19/h1-12,23-24H,(H,21,25)/b9-3+. The maximum atomic E-state index is 12.2. The van der Waals surface area contributed by atoms with E-state index >= 15 is 0 Å². The summed E-state index contributed by atoms with van der Waals surface area (Å²) in [5.41, 5.74) is 1.67. The maximum Gasteiger partial charge on any atom is 0.265 e. The molecule has 1 aromatic heterocycles. The summed E-state index contributed by atoms with van der Waals surface area (Å²) in [6, 6.07) is 14.4. The van der Waals surface area contributed by atoms with Gasteiger partial charge in [-0.25, -0.2) is 0 Å². The van der Waals surface area contributed by atoms with Gasteiger partial charge in [0, 0.05) is 11.3 Å². The number of hydrogen-bond donors (Lipinski definition) is 3. The van der Waals surface area contributed by atoms with Gasteiger partial charge in [-0.15, -0.1) is 11.3 Å². The van der Waals surface area contributed by atoms with Crippen LogP contribution in [0.1, 0.15) is 25.6 Å². The number of ketones is 1. The molecule has 0 saturated heterocycles. The lowest BCUT2D eigenvalue weighted by Crippen LogP contribution is -2.10. The maximum absolute atomic E-state index is 12.2. The first-order valence-electron chi connectivity index (χ1n) is 7.72. The number of aromatic hydroxyl groups is 2. The van der Waals surface area contributed by atoms with E-state index in [0.29, 0.717) is 21.7 Å². The highest BCUT2D eigenvalue weighted by Crippen LogP contribution is 2.25. The summed E-state index contributed by atoms with van der Waals surface area (Å²) in [5, 5.41) is 23.3. The van der Waals surface area contributed by atoms with Gasteiger partial charge in [-0.3, -0.25) is 9.59 Å². The molecule has 3 rings (SSSR count). The van der Waals surface area contributed by atoms with Crippen molar-refractivity contribution in [2.24, 2.45) is 0 Å². The third kappa shape index (κ3) is 4.17. The molecule has 3 aromatic rings. The molecule has 0 aliphatic heterocycles. The second-order valence-electron chi connectivity index (χ2n) is 5.45. The molecule has 1 heterocycles. The highest BCUT2D eigenvalue weighted by atomic mass is 32.1. The topological polar surface area (TPSA) is 86.6 Å². The number of phenols is 2. The summed E-state index contributed by atoms with van der Waals surface area (Å²) < 4.78 is 0. The Morgan fingerprint density at radius 3 is 2.38 bits per heavy atom. The van der Waals surface area contributed by atoms with Crippen LogP contribution in [0.25, 0.3) is 6.08 Å². The van der Waals surface area contributed by atoms with Gasteiger partial charge in [-0.05, 0) is 59.5 Å². The molecule has 0 radical (unpaired) electrons. The van der Waals surface area contributed by atoms with E-state index < -0.39 is 0 Å². The fourth-order valence-corrected chi connectivity index (χ4v) is 2.85. The summed E-state index contributed by atoms with van der Waals surface area (Å²) in [6.45, 7) is 0. The Labute approximate surface area is 153 Å².